The number of nitrogens with zero attached hydrogens (tertiary/aromatic N) is 4. The molecular formula is C28H36N6O6S. The fraction of sp³-hybridized carbons (Fsp3) is 0.500. The van der Waals surface area contributed by atoms with Crippen LogP contribution in [0.2, 0.25) is 0 Å². The molecule has 3 fully saturated rings. The minimum Gasteiger partial charge on any atom is -0.618 e. The summed E-state index contributed by atoms with van der Waals surface area (Å²) in [4.78, 5) is 43.8. The van der Waals surface area contributed by atoms with E-state index in [1.165, 1.54) is 23.1 Å². The number of nitrogens with one attached hydrogen (secondary N) is 2. The predicted octanol–water partition coefficient (Wildman–Crippen LogP) is 0.117. The first kappa shape index (κ1) is 29.0. The smallest absolute Gasteiger partial charge is 0.323 e. The first-order valence-corrected chi connectivity index (χ1v) is 15.4. The van der Waals surface area contributed by atoms with Crippen LogP contribution in [0.5, 0.6) is 0 Å². The van der Waals surface area contributed by atoms with Crippen LogP contribution in [0.15, 0.2) is 53.7 Å². The fourth-order valence-corrected chi connectivity index (χ4v) is 7.61. The Kier molecular flexibility index (Phi) is 8.30. The van der Waals surface area contributed by atoms with Crippen LogP contribution >= 0.6 is 0 Å². The van der Waals surface area contributed by atoms with Gasteiger partial charge in [0.2, 0.25) is 5.91 Å². The van der Waals surface area contributed by atoms with Gasteiger partial charge in [0.25, 0.3) is 5.91 Å². The van der Waals surface area contributed by atoms with E-state index in [0.717, 1.165) is 42.4 Å². The molecule has 2 amide bonds. The first-order chi connectivity index (χ1) is 19.6. The van der Waals surface area contributed by atoms with Crippen molar-refractivity contribution < 1.29 is 27.5 Å². The maximum absolute atomic E-state index is 13.8. The Morgan fingerprint density at radius 2 is 1.80 bits per heavy atom. The maximum atomic E-state index is 13.8. The van der Waals surface area contributed by atoms with Crippen molar-refractivity contribution in [2.45, 2.75) is 49.8 Å². The highest BCUT2D eigenvalue weighted by atomic mass is 32.2. The largest absolute Gasteiger partial charge is 0.618 e. The van der Waals surface area contributed by atoms with E-state index in [9.17, 15) is 28.0 Å². The lowest BCUT2D eigenvalue weighted by Gasteiger charge is -2.30. The lowest BCUT2D eigenvalue weighted by Crippen LogP contribution is -2.53. The lowest BCUT2D eigenvalue weighted by molar-refractivity contribution is -0.646. The van der Waals surface area contributed by atoms with E-state index in [0.29, 0.717) is 12.0 Å². The summed E-state index contributed by atoms with van der Waals surface area (Å²) in [7, 11) is -4.26. The van der Waals surface area contributed by atoms with E-state index in [1.807, 2.05) is 26.0 Å². The number of hydrogen-bond acceptors (Lipinski definition) is 8. The van der Waals surface area contributed by atoms with E-state index in [4.69, 9.17) is 0 Å². The van der Waals surface area contributed by atoms with Crippen molar-refractivity contribution in [3.63, 3.8) is 0 Å². The highest BCUT2D eigenvalue weighted by Crippen LogP contribution is 2.34. The molecule has 0 aliphatic carbocycles. The number of likely N-dealkylation sites (tertiary alicyclic amines) is 1. The van der Waals surface area contributed by atoms with Crippen LogP contribution in [0, 0.1) is 11.1 Å². The van der Waals surface area contributed by atoms with Gasteiger partial charge in [0.15, 0.2) is 12.0 Å². The molecule has 3 atom stereocenters. The van der Waals surface area contributed by atoms with Crippen LogP contribution in [0.4, 0.5) is 5.69 Å². The Balaban J connectivity index is 1.31. The average molecular weight is 585 g/mol. The summed E-state index contributed by atoms with van der Waals surface area (Å²) in [5, 5.41) is 17.9. The number of carbonyl (C=O) groups is 3. The molecule has 12 nitrogen and oxygen atoms in total. The highest BCUT2D eigenvalue weighted by Gasteiger charge is 2.55. The van der Waals surface area contributed by atoms with Crippen LogP contribution in [-0.4, -0.2) is 92.6 Å². The average Bonchev–Trinajstić information content (AvgIpc) is 3.54. The molecule has 41 heavy (non-hydrogen) atoms. The van der Waals surface area contributed by atoms with Gasteiger partial charge in [-0.25, -0.2) is 8.42 Å². The van der Waals surface area contributed by atoms with Gasteiger partial charge in [-0.05, 0) is 49.1 Å². The third-order valence-electron chi connectivity index (χ3n) is 7.94. The minimum atomic E-state index is -4.26. The van der Waals surface area contributed by atoms with Gasteiger partial charge < -0.3 is 25.6 Å². The van der Waals surface area contributed by atoms with Gasteiger partial charge in [-0.1, -0.05) is 13.8 Å². The topological polar surface area (TPSA) is 146 Å². The monoisotopic (exact) mass is 584 g/mol. The van der Waals surface area contributed by atoms with Crippen LogP contribution in [-0.2, 0) is 19.6 Å². The van der Waals surface area contributed by atoms with E-state index in [2.05, 4.69) is 15.5 Å². The van der Waals surface area contributed by atoms with Gasteiger partial charge in [-0.15, -0.1) is 0 Å². The highest BCUT2D eigenvalue weighted by molar-refractivity contribution is 7.89. The summed E-state index contributed by atoms with van der Waals surface area (Å²) >= 11 is 0. The number of benzene rings is 1. The zero-order valence-electron chi connectivity index (χ0n) is 23.2. The van der Waals surface area contributed by atoms with E-state index in [1.54, 1.807) is 12.1 Å². The van der Waals surface area contributed by atoms with Crippen molar-refractivity contribution in [1.82, 2.24) is 19.8 Å². The number of hydrogen-bond donors (Lipinski definition) is 2. The summed E-state index contributed by atoms with van der Waals surface area (Å²) in [5.74, 6) is -1.14. The van der Waals surface area contributed by atoms with Crippen molar-refractivity contribution in [1.29, 1.82) is 0 Å². The molecule has 3 aliphatic rings. The summed E-state index contributed by atoms with van der Waals surface area (Å²) < 4.78 is 27.9. The number of Topliss-reactive ketones (excluding diaryl/α,β-unsaturated/α-hetero) is 1. The Morgan fingerprint density at radius 1 is 1.10 bits per heavy atom. The Bertz CT molecular complexity index is 1410. The zero-order chi connectivity index (χ0) is 29.3. The SMILES string of the molecule is CC(C)CC(NC(=O)c1ccc(N2CCNCC2)cc1)C(=O)N1CCC2C1C(=O)CN2S(=O)(=O)c1cccc[n+]1[O-]. The number of pyridine rings is 1. The van der Waals surface area contributed by atoms with Crippen LogP contribution in [0.1, 0.15) is 37.0 Å². The molecule has 1 aromatic heterocycles. The van der Waals surface area contributed by atoms with Crippen molar-refractivity contribution in [2.24, 2.45) is 5.92 Å². The molecule has 220 valence electrons. The second-order valence-corrected chi connectivity index (χ2v) is 13.0. The van der Waals surface area contributed by atoms with Crippen molar-refractivity contribution in [2.75, 3.05) is 44.2 Å². The molecule has 1 aromatic carbocycles. The standard InChI is InChI=1S/C28H36N6O6S/c1-19(2)17-22(30-27(36)20-6-8-21(9-7-20)31-15-11-29-12-16-31)28(37)32-14-10-23-26(32)24(35)18-34(23)41(39,40)25-5-3-4-13-33(25)38/h3-9,13,19,22-23,26,29H,10-12,14-18H2,1-2H3,(H,30,36). The van der Waals surface area contributed by atoms with Crippen molar-refractivity contribution in [3.8, 4) is 0 Å². The molecule has 0 bridgehead atoms. The Morgan fingerprint density at radius 3 is 2.46 bits per heavy atom. The number of ketones is 1. The molecule has 3 aliphatic heterocycles. The van der Waals surface area contributed by atoms with E-state index < -0.39 is 57.3 Å². The molecule has 13 heteroatoms. The number of amides is 2. The van der Waals surface area contributed by atoms with Gasteiger partial charge in [0.05, 0.1) is 12.6 Å². The second-order valence-electron chi connectivity index (χ2n) is 11.2. The summed E-state index contributed by atoms with van der Waals surface area (Å²) in [6.45, 7) is 7.19. The summed E-state index contributed by atoms with van der Waals surface area (Å²) in [5.41, 5.74) is 1.45. The molecule has 0 radical (unpaired) electrons. The van der Waals surface area contributed by atoms with Crippen molar-refractivity contribution >= 4 is 33.3 Å². The number of anilines is 1. The lowest BCUT2D eigenvalue weighted by atomic mass is 10.0. The molecule has 3 unspecified atom stereocenters. The first-order valence-electron chi connectivity index (χ1n) is 14.0. The number of aromatic nitrogens is 1. The molecule has 2 aromatic rings. The predicted molar refractivity (Wildman–Crippen MR) is 150 cm³/mol. The van der Waals surface area contributed by atoms with Gasteiger partial charge in [-0.2, -0.15) is 9.04 Å². The molecule has 0 saturated carbocycles. The molecule has 3 saturated heterocycles. The van der Waals surface area contributed by atoms with Crippen LogP contribution < -0.4 is 20.3 Å². The number of piperazine rings is 1. The Labute approximate surface area is 239 Å². The summed E-state index contributed by atoms with van der Waals surface area (Å²) in [6.07, 6.45) is 1.70. The van der Waals surface area contributed by atoms with Gasteiger partial charge in [0.1, 0.15) is 12.1 Å². The number of fused-ring (bicyclic) bond motifs is 1. The quantitative estimate of drug-likeness (QED) is 0.329. The van der Waals surface area contributed by atoms with Crippen molar-refractivity contribution in [3.05, 3.63) is 59.4 Å². The second kappa shape index (κ2) is 11.7. The van der Waals surface area contributed by atoms with Gasteiger partial charge in [0, 0.05) is 56.1 Å². The zero-order valence-corrected chi connectivity index (χ0v) is 24.0. The van der Waals surface area contributed by atoms with Gasteiger partial charge >= 0.3 is 15.0 Å². The third-order valence-corrected chi connectivity index (χ3v) is 9.81. The number of carbonyl (C=O) groups excluding carboxylic acids is 3. The summed E-state index contributed by atoms with van der Waals surface area (Å²) in [6, 6.07) is 8.71. The van der Waals surface area contributed by atoms with Crippen LogP contribution in [0.25, 0.3) is 0 Å². The van der Waals surface area contributed by atoms with Crippen LogP contribution in [0.3, 0.4) is 0 Å². The maximum Gasteiger partial charge on any atom is 0.323 e. The van der Waals surface area contributed by atoms with E-state index >= 15 is 0 Å². The molecular weight excluding hydrogens is 548 g/mol. The number of rotatable bonds is 8. The van der Waals surface area contributed by atoms with Gasteiger partial charge in [-0.3, -0.25) is 14.4 Å². The molecule has 2 N–H and O–H groups in total. The third kappa shape index (κ3) is 5.79. The molecule has 4 heterocycles. The molecule has 5 rings (SSSR count). The Hall–Kier alpha value is -3.55. The fourth-order valence-electron chi connectivity index (χ4n) is 5.95. The van der Waals surface area contributed by atoms with E-state index in [-0.39, 0.29) is 23.6 Å². The normalized spacial score (nSPS) is 22.2. The molecule has 0 spiro atoms. The minimum absolute atomic E-state index is 0.0690. The number of sulfonamides is 1.